The summed E-state index contributed by atoms with van der Waals surface area (Å²) in [6, 6.07) is 19.0. The Morgan fingerprint density at radius 2 is 1.69 bits per heavy atom. The molecule has 0 radical (unpaired) electrons. The van der Waals surface area contributed by atoms with Crippen molar-refractivity contribution in [1.29, 1.82) is 0 Å². The van der Waals surface area contributed by atoms with E-state index in [0.29, 0.717) is 27.1 Å². The van der Waals surface area contributed by atoms with Gasteiger partial charge in [0.15, 0.2) is 17.6 Å². The van der Waals surface area contributed by atoms with Gasteiger partial charge in [0, 0.05) is 11.1 Å². The lowest BCUT2D eigenvalue weighted by molar-refractivity contribution is -0.129. The third-order valence-electron chi connectivity index (χ3n) is 4.56. The first-order valence-electron chi connectivity index (χ1n) is 10.4. The SMILES string of the molecule is COc1cc(/C=N/NC(=O)C(C)Oc2ccc(Cl)cc2Cl)ccc1OC(=O)/C=C/c1ccccc1. The molecule has 3 aromatic carbocycles. The maximum absolute atomic E-state index is 12.3. The van der Waals surface area contributed by atoms with Crippen molar-refractivity contribution in [3.8, 4) is 17.2 Å². The fraction of sp³-hybridized carbons (Fsp3) is 0.115. The van der Waals surface area contributed by atoms with Crippen molar-refractivity contribution < 1.29 is 23.8 Å². The molecule has 1 amide bonds. The number of methoxy groups -OCH3 is 1. The van der Waals surface area contributed by atoms with E-state index < -0.39 is 18.0 Å². The minimum absolute atomic E-state index is 0.248. The van der Waals surface area contributed by atoms with Gasteiger partial charge < -0.3 is 14.2 Å². The highest BCUT2D eigenvalue weighted by Crippen LogP contribution is 2.29. The number of esters is 1. The second-order valence-corrected chi connectivity index (χ2v) is 7.99. The van der Waals surface area contributed by atoms with Crippen LogP contribution in [-0.2, 0) is 9.59 Å². The molecule has 0 saturated carbocycles. The van der Waals surface area contributed by atoms with E-state index in [1.54, 1.807) is 43.3 Å². The van der Waals surface area contributed by atoms with E-state index in [2.05, 4.69) is 10.5 Å². The summed E-state index contributed by atoms with van der Waals surface area (Å²) in [6.07, 6.45) is 3.55. The van der Waals surface area contributed by atoms with E-state index in [4.69, 9.17) is 37.4 Å². The van der Waals surface area contributed by atoms with Crippen LogP contribution in [0.2, 0.25) is 10.0 Å². The molecule has 0 bridgehead atoms. The number of halogens is 2. The second kappa shape index (κ2) is 12.6. The topological polar surface area (TPSA) is 86.2 Å². The zero-order valence-corrected chi connectivity index (χ0v) is 20.4. The first kappa shape index (κ1) is 25.8. The van der Waals surface area contributed by atoms with Crippen LogP contribution in [0.15, 0.2) is 77.9 Å². The van der Waals surface area contributed by atoms with Crippen LogP contribution in [-0.4, -0.2) is 31.3 Å². The molecule has 1 unspecified atom stereocenters. The van der Waals surface area contributed by atoms with Gasteiger partial charge in [0.05, 0.1) is 18.3 Å². The standard InChI is InChI=1S/C26H22Cl2N2O5/c1-17(34-22-12-10-20(27)15-21(22)28)26(32)30-29-16-19-8-11-23(24(14-19)33-2)35-25(31)13-9-18-6-4-3-5-7-18/h3-17H,1-2H3,(H,30,32)/b13-9+,29-16+. The molecule has 0 heterocycles. The van der Waals surface area contributed by atoms with Gasteiger partial charge in [0.25, 0.3) is 5.91 Å². The van der Waals surface area contributed by atoms with E-state index in [9.17, 15) is 9.59 Å². The number of hydrazone groups is 1. The van der Waals surface area contributed by atoms with Crippen LogP contribution < -0.4 is 19.6 Å². The van der Waals surface area contributed by atoms with E-state index in [1.807, 2.05) is 30.3 Å². The van der Waals surface area contributed by atoms with Crippen molar-refractivity contribution in [2.24, 2.45) is 5.10 Å². The number of hydrogen-bond acceptors (Lipinski definition) is 6. The Hall–Kier alpha value is -3.81. The van der Waals surface area contributed by atoms with Gasteiger partial charge in [-0.2, -0.15) is 5.10 Å². The number of hydrogen-bond donors (Lipinski definition) is 1. The molecule has 9 heteroatoms. The first-order chi connectivity index (χ1) is 16.9. The van der Waals surface area contributed by atoms with Crippen LogP contribution in [0, 0.1) is 0 Å². The van der Waals surface area contributed by atoms with Crippen molar-refractivity contribution in [2.75, 3.05) is 7.11 Å². The van der Waals surface area contributed by atoms with Crippen molar-refractivity contribution in [3.05, 3.63) is 94.0 Å². The summed E-state index contributed by atoms with van der Waals surface area (Å²) in [5.74, 6) is -0.115. The number of ether oxygens (including phenoxy) is 3. The molecular weight excluding hydrogens is 491 g/mol. The molecule has 3 rings (SSSR count). The molecule has 7 nitrogen and oxygen atoms in total. The highest BCUT2D eigenvalue weighted by molar-refractivity contribution is 6.35. The Balaban J connectivity index is 1.57. The van der Waals surface area contributed by atoms with Crippen LogP contribution >= 0.6 is 23.2 Å². The van der Waals surface area contributed by atoms with Gasteiger partial charge in [-0.05, 0) is 60.5 Å². The lowest BCUT2D eigenvalue weighted by atomic mass is 10.2. The summed E-state index contributed by atoms with van der Waals surface area (Å²) >= 11 is 11.9. The zero-order valence-electron chi connectivity index (χ0n) is 18.9. The van der Waals surface area contributed by atoms with Gasteiger partial charge in [-0.1, -0.05) is 53.5 Å². The maximum atomic E-state index is 12.3. The minimum Gasteiger partial charge on any atom is -0.493 e. The molecule has 0 aromatic heterocycles. The second-order valence-electron chi connectivity index (χ2n) is 7.14. The highest BCUT2D eigenvalue weighted by atomic mass is 35.5. The van der Waals surface area contributed by atoms with E-state index in [-0.39, 0.29) is 5.75 Å². The van der Waals surface area contributed by atoms with Gasteiger partial charge in [-0.15, -0.1) is 0 Å². The number of rotatable bonds is 9. The predicted octanol–water partition coefficient (Wildman–Crippen LogP) is 5.54. The molecule has 0 spiro atoms. The summed E-state index contributed by atoms with van der Waals surface area (Å²) in [7, 11) is 1.45. The van der Waals surface area contributed by atoms with Crippen LogP contribution in [0.3, 0.4) is 0 Å². The third-order valence-corrected chi connectivity index (χ3v) is 5.10. The lowest BCUT2D eigenvalue weighted by Gasteiger charge is -2.14. The number of nitrogens with zero attached hydrogens (tertiary/aromatic N) is 1. The van der Waals surface area contributed by atoms with E-state index in [1.165, 1.54) is 25.5 Å². The third kappa shape index (κ3) is 7.88. The molecule has 0 aliphatic heterocycles. The van der Waals surface area contributed by atoms with E-state index in [0.717, 1.165) is 5.56 Å². The van der Waals surface area contributed by atoms with Crippen LogP contribution in [0.25, 0.3) is 6.08 Å². The van der Waals surface area contributed by atoms with Crippen LogP contribution in [0.4, 0.5) is 0 Å². The van der Waals surface area contributed by atoms with Gasteiger partial charge in [0.2, 0.25) is 0 Å². The monoisotopic (exact) mass is 512 g/mol. The first-order valence-corrected chi connectivity index (χ1v) is 11.2. The number of amides is 1. The van der Waals surface area contributed by atoms with Crippen molar-refractivity contribution >= 4 is 47.4 Å². The fourth-order valence-electron chi connectivity index (χ4n) is 2.80. The van der Waals surface area contributed by atoms with Gasteiger partial charge in [0.1, 0.15) is 5.75 Å². The summed E-state index contributed by atoms with van der Waals surface area (Å²) in [5, 5.41) is 4.69. The summed E-state index contributed by atoms with van der Waals surface area (Å²) < 4.78 is 16.2. The summed E-state index contributed by atoms with van der Waals surface area (Å²) in [5.41, 5.74) is 3.88. The smallest absolute Gasteiger partial charge is 0.336 e. The van der Waals surface area contributed by atoms with Gasteiger partial charge in [-0.25, -0.2) is 10.2 Å². The molecule has 0 aliphatic rings. The summed E-state index contributed by atoms with van der Waals surface area (Å²) in [6.45, 7) is 1.56. The fourth-order valence-corrected chi connectivity index (χ4v) is 3.25. The Morgan fingerprint density at radius 1 is 0.943 bits per heavy atom. The zero-order chi connectivity index (χ0) is 25.2. The maximum Gasteiger partial charge on any atom is 0.336 e. The number of carbonyl (C=O) groups excluding carboxylic acids is 2. The normalized spacial score (nSPS) is 11.9. The van der Waals surface area contributed by atoms with Crippen LogP contribution in [0.5, 0.6) is 17.2 Å². The van der Waals surface area contributed by atoms with Crippen LogP contribution in [0.1, 0.15) is 18.1 Å². The molecule has 0 aliphatic carbocycles. The Bertz CT molecular complexity index is 1250. The number of nitrogens with one attached hydrogen (secondary N) is 1. The highest BCUT2D eigenvalue weighted by Gasteiger charge is 2.16. The van der Waals surface area contributed by atoms with Gasteiger partial charge >= 0.3 is 5.97 Å². The lowest BCUT2D eigenvalue weighted by Crippen LogP contribution is -2.33. The molecule has 3 aromatic rings. The Kier molecular flexibility index (Phi) is 9.29. The van der Waals surface area contributed by atoms with Crippen molar-refractivity contribution in [1.82, 2.24) is 5.43 Å². The van der Waals surface area contributed by atoms with Crippen molar-refractivity contribution in [3.63, 3.8) is 0 Å². The largest absolute Gasteiger partial charge is 0.493 e. The average molecular weight is 513 g/mol. The van der Waals surface area contributed by atoms with Crippen molar-refractivity contribution in [2.45, 2.75) is 13.0 Å². The molecule has 0 saturated heterocycles. The molecule has 1 atom stereocenters. The number of carbonyl (C=O) groups is 2. The quantitative estimate of drug-likeness (QED) is 0.134. The molecule has 1 N–H and O–H groups in total. The molecule has 180 valence electrons. The van der Waals surface area contributed by atoms with E-state index >= 15 is 0 Å². The Morgan fingerprint density at radius 3 is 2.40 bits per heavy atom. The minimum atomic E-state index is -0.855. The Labute approximate surface area is 212 Å². The molecule has 0 fully saturated rings. The number of benzene rings is 3. The molecular formula is C26H22Cl2N2O5. The average Bonchev–Trinajstić information content (AvgIpc) is 2.85. The van der Waals surface area contributed by atoms with Gasteiger partial charge in [-0.3, -0.25) is 4.79 Å². The molecule has 35 heavy (non-hydrogen) atoms. The summed E-state index contributed by atoms with van der Waals surface area (Å²) in [4.78, 5) is 24.4. The predicted molar refractivity (Wildman–Crippen MR) is 136 cm³/mol.